The molecule has 8 atom stereocenters. The van der Waals surface area contributed by atoms with Crippen LogP contribution in [0.4, 0.5) is 0 Å². The molecule has 4 aliphatic carbocycles. The molecule has 0 bridgehead atoms. The average molecular weight is 541 g/mol. The van der Waals surface area contributed by atoms with E-state index < -0.39 is 44.9 Å². The molecule has 0 aromatic heterocycles. The third kappa shape index (κ3) is 3.46. The number of hydrogen-bond acceptors (Lipinski definition) is 6. The first kappa shape index (κ1) is 29.5. The van der Waals surface area contributed by atoms with Crippen LogP contribution in [0.25, 0.3) is 0 Å². The van der Waals surface area contributed by atoms with Gasteiger partial charge in [-0.1, -0.05) is 55.4 Å². The van der Waals surface area contributed by atoms with Crippen molar-refractivity contribution in [1.29, 1.82) is 0 Å². The van der Waals surface area contributed by atoms with Gasteiger partial charge in [0.25, 0.3) is 0 Å². The van der Waals surface area contributed by atoms with E-state index in [-0.39, 0.29) is 66.4 Å². The SMILES string of the molecule is CC(CC(=O)C[C@@H](C)[C@H]1CC(=O)[C@@]2(C)C3=C(C(=O)[C@@H](C)[C@]12C)[C@@]1(C)CCC(=O)C(C)(C)[C@]1(C)CC3=O)C(=O)O. The van der Waals surface area contributed by atoms with Gasteiger partial charge in [-0.3, -0.25) is 28.8 Å². The fraction of sp³-hybridized carbons (Fsp3) is 0.750. The van der Waals surface area contributed by atoms with E-state index in [4.69, 9.17) is 0 Å². The van der Waals surface area contributed by atoms with Gasteiger partial charge in [-0.05, 0) is 36.0 Å². The zero-order valence-corrected chi connectivity index (χ0v) is 24.9. The van der Waals surface area contributed by atoms with E-state index >= 15 is 0 Å². The van der Waals surface area contributed by atoms with E-state index in [0.29, 0.717) is 24.0 Å². The van der Waals surface area contributed by atoms with Crippen LogP contribution in [0, 0.1) is 50.7 Å². The van der Waals surface area contributed by atoms with Crippen molar-refractivity contribution in [2.24, 2.45) is 50.7 Å². The molecule has 0 saturated heterocycles. The summed E-state index contributed by atoms with van der Waals surface area (Å²) in [5, 5.41) is 9.22. The molecule has 0 heterocycles. The molecule has 0 aliphatic heterocycles. The maximum atomic E-state index is 14.5. The van der Waals surface area contributed by atoms with Crippen molar-refractivity contribution in [2.75, 3.05) is 0 Å². The number of fused-ring (bicyclic) bond motifs is 4. The van der Waals surface area contributed by atoms with E-state index in [9.17, 15) is 33.9 Å². The van der Waals surface area contributed by atoms with Crippen LogP contribution in [0.1, 0.15) is 101 Å². The summed E-state index contributed by atoms with van der Waals surface area (Å²) in [7, 11) is 0. The zero-order valence-electron chi connectivity index (χ0n) is 24.9. The molecule has 0 aromatic rings. The van der Waals surface area contributed by atoms with Crippen LogP contribution in [0.2, 0.25) is 0 Å². The zero-order chi connectivity index (χ0) is 29.7. The molecule has 7 nitrogen and oxygen atoms in total. The van der Waals surface area contributed by atoms with Crippen molar-refractivity contribution in [1.82, 2.24) is 0 Å². The van der Waals surface area contributed by atoms with Crippen LogP contribution in [-0.2, 0) is 28.8 Å². The maximum Gasteiger partial charge on any atom is 0.306 e. The van der Waals surface area contributed by atoms with Crippen LogP contribution in [0.15, 0.2) is 11.1 Å². The molecule has 2 fully saturated rings. The average Bonchev–Trinajstić information content (AvgIpc) is 3.04. The Hall–Kier alpha value is -2.44. The van der Waals surface area contributed by atoms with Gasteiger partial charge in [-0.25, -0.2) is 0 Å². The predicted octanol–water partition coefficient (Wildman–Crippen LogP) is 5.18. The maximum absolute atomic E-state index is 14.5. The lowest BCUT2D eigenvalue weighted by Crippen LogP contribution is -2.65. The molecule has 0 aromatic carbocycles. The van der Waals surface area contributed by atoms with E-state index in [2.05, 4.69) is 0 Å². The molecule has 1 N–H and O–H groups in total. The number of ketones is 5. The molecule has 7 heteroatoms. The van der Waals surface area contributed by atoms with Gasteiger partial charge in [-0.15, -0.1) is 0 Å². The molecule has 4 rings (SSSR count). The van der Waals surface area contributed by atoms with Gasteiger partial charge in [0.1, 0.15) is 17.3 Å². The Morgan fingerprint density at radius 3 is 2.08 bits per heavy atom. The van der Waals surface area contributed by atoms with Crippen molar-refractivity contribution < 1.29 is 33.9 Å². The minimum absolute atomic E-state index is 0.0771. The Morgan fingerprint density at radius 2 is 1.51 bits per heavy atom. The summed E-state index contributed by atoms with van der Waals surface area (Å²) >= 11 is 0. The number of carboxylic acids is 1. The Bertz CT molecular complexity index is 1240. The Balaban J connectivity index is 1.84. The second kappa shape index (κ2) is 8.78. The van der Waals surface area contributed by atoms with Gasteiger partial charge in [0, 0.05) is 60.0 Å². The standard InChI is InChI=1S/C32H44O7/c1-16(12-19(33)13-17(2)27(38)39)20-14-23(36)32(9)24-21(34)15-30(7)28(4,5)22(35)10-11-29(30,6)25(24)26(37)18(3)31(20,32)8/h16-18,20H,10-15H2,1-9H3,(H,38,39)/t16-,17?,18-,20-,29-,30+,31-,32+/m1/s1. The number of hydrogen-bond donors (Lipinski definition) is 1. The van der Waals surface area contributed by atoms with Crippen molar-refractivity contribution in [3.8, 4) is 0 Å². The van der Waals surface area contributed by atoms with E-state index in [1.807, 2.05) is 55.4 Å². The highest BCUT2D eigenvalue weighted by Gasteiger charge is 2.74. The van der Waals surface area contributed by atoms with Crippen LogP contribution in [-0.4, -0.2) is 40.0 Å². The van der Waals surface area contributed by atoms with Crippen LogP contribution in [0.5, 0.6) is 0 Å². The van der Waals surface area contributed by atoms with Crippen molar-refractivity contribution in [2.45, 2.75) is 101 Å². The van der Waals surface area contributed by atoms with Gasteiger partial charge >= 0.3 is 5.97 Å². The van der Waals surface area contributed by atoms with E-state index in [1.54, 1.807) is 0 Å². The van der Waals surface area contributed by atoms with Gasteiger partial charge < -0.3 is 5.11 Å². The summed E-state index contributed by atoms with van der Waals surface area (Å²) in [6.45, 7) is 16.8. The summed E-state index contributed by atoms with van der Waals surface area (Å²) in [6.07, 6.45) is 1.09. The van der Waals surface area contributed by atoms with E-state index in [0.717, 1.165) is 0 Å². The third-order valence-electron chi connectivity index (χ3n) is 12.8. The van der Waals surface area contributed by atoms with E-state index in [1.165, 1.54) is 6.92 Å². The number of carboxylic acid groups (broad SMARTS) is 1. The monoisotopic (exact) mass is 540 g/mol. The minimum Gasteiger partial charge on any atom is -0.481 e. The summed E-state index contributed by atoms with van der Waals surface area (Å²) in [4.78, 5) is 79.8. The molecule has 0 radical (unpaired) electrons. The number of aliphatic carboxylic acids is 1. The topological polar surface area (TPSA) is 123 Å². The molecule has 0 spiro atoms. The molecule has 39 heavy (non-hydrogen) atoms. The third-order valence-corrected chi connectivity index (χ3v) is 12.8. The quantitative estimate of drug-likeness (QED) is 0.492. The van der Waals surface area contributed by atoms with Crippen LogP contribution in [0.3, 0.4) is 0 Å². The molecule has 214 valence electrons. The fourth-order valence-corrected chi connectivity index (χ4v) is 9.26. The second-order valence-corrected chi connectivity index (χ2v) is 14.5. The molecule has 0 amide bonds. The fourth-order valence-electron chi connectivity index (χ4n) is 9.26. The van der Waals surface area contributed by atoms with Crippen molar-refractivity contribution in [3.63, 3.8) is 0 Å². The summed E-state index contributed by atoms with van der Waals surface area (Å²) < 4.78 is 0. The summed E-state index contributed by atoms with van der Waals surface area (Å²) in [5.41, 5.74) is -3.53. The lowest BCUT2D eigenvalue weighted by Gasteiger charge is -2.64. The normalized spacial score (nSPS) is 41.1. The van der Waals surface area contributed by atoms with Crippen LogP contribution >= 0.6 is 0 Å². The number of allylic oxidation sites excluding steroid dienone is 2. The summed E-state index contributed by atoms with van der Waals surface area (Å²) in [6, 6.07) is 0. The minimum atomic E-state index is -1.18. The highest BCUT2D eigenvalue weighted by atomic mass is 16.4. The molecular formula is C32H44O7. The molecule has 2 saturated carbocycles. The Kier molecular flexibility index (Phi) is 6.65. The first-order valence-corrected chi connectivity index (χ1v) is 14.4. The van der Waals surface area contributed by atoms with Gasteiger partial charge in [-0.2, -0.15) is 0 Å². The highest BCUT2D eigenvalue weighted by Crippen LogP contribution is 2.73. The van der Waals surface area contributed by atoms with Crippen molar-refractivity contribution >= 4 is 34.9 Å². The first-order chi connectivity index (χ1) is 17.7. The smallest absolute Gasteiger partial charge is 0.306 e. The number of carbonyl (C=O) groups is 6. The predicted molar refractivity (Wildman–Crippen MR) is 145 cm³/mol. The second-order valence-electron chi connectivity index (χ2n) is 14.5. The lowest BCUT2D eigenvalue weighted by atomic mass is 9.36. The Labute approximate surface area is 231 Å². The number of rotatable bonds is 6. The van der Waals surface area contributed by atoms with Gasteiger partial charge in [0.15, 0.2) is 11.6 Å². The largest absolute Gasteiger partial charge is 0.481 e. The van der Waals surface area contributed by atoms with Gasteiger partial charge in [0.05, 0.1) is 11.3 Å². The lowest BCUT2D eigenvalue weighted by molar-refractivity contribution is -0.163. The molecular weight excluding hydrogens is 496 g/mol. The van der Waals surface area contributed by atoms with Gasteiger partial charge in [0.2, 0.25) is 0 Å². The first-order valence-electron chi connectivity index (χ1n) is 14.4. The van der Waals surface area contributed by atoms with Crippen molar-refractivity contribution in [3.05, 3.63) is 11.1 Å². The summed E-state index contributed by atoms with van der Waals surface area (Å²) in [5.74, 6) is -3.45. The Morgan fingerprint density at radius 1 is 0.923 bits per heavy atom. The molecule has 1 unspecified atom stereocenters. The van der Waals surface area contributed by atoms with Crippen LogP contribution < -0.4 is 0 Å². The number of carbonyl (C=O) groups excluding carboxylic acids is 5. The number of Topliss-reactive ketones (excluding diaryl/α,β-unsaturated/α-hetero) is 5. The molecule has 4 aliphatic rings. The highest BCUT2D eigenvalue weighted by molar-refractivity contribution is 6.17.